The van der Waals surface area contributed by atoms with Gasteiger partial charge in [0, 0.05) is 51.9 Å². The van der Waals surface area contributed by atoms with Crippen molar-refractivity contribution < 1.29 is 9.47 Å². The van der Waals surface area contributed by atoms with Gasteiger partial charge >= 0.3 is 0 Å². The summed E-state index contributed by atoms with van der Waals surface area (Å²) in [5.41, 5.74) is 1.13. The van der Waals surface area contributed by atoms with E-state index in [4.69, 9.17) is 9.47 Å². The van der Waals surface area contributed by atoms with Gasteiger partial charge in [0.1, 0.15) is 6.10 Å². The van der Waals surface area contributed by atoms with E-state index in [2.05, 4.69) is 25.3 Å². The number of guanidine groups is 1. The number of aliphatic imine (C=N–C) groups is 1. The first-order valence-electron chi connectivity index (χ1n) is 9.47. The molecule has 0 aromatic carbocycles. The number of halogens is 1. The van der Waals surface area contributed by atoms with Crippen molar-refractivity contribution >= 4 is 29.9 Å². The Morgan fingerprint density at radius 3 is 2.93 bits per heavy atom. The molecule has 0 spiro atoms. The zero-order valence-corrected chi connectivity index (χ0v) is 18.4. The minimum atomic E-state index is 0. The molecule has 2 saturated heterocycles. The molecule has 4 heterocycles. The number of aromatic nitrogens is 3. The number of hydrogen-bond donors (Lipinski definition) is 1. The average molecular weight is 498 g/mol. The van der Waals surface area contributed by atoms with Gasteiger partial charge in [0.05, 0.1) is 12.7 Å². The highest BCUT2D eigenvalue weighted by atomic mass is 127. The molecule has 4 rings (SSSR count). The van der Waals surface area contributed by atoms with Gasteiger partial charge in [-0.05, 0) is 36.6 Å². The van der Waals surface area contributed by atoms with E-state index in [1.807, 2.05) is 31.4 Å². The van der Waals surface area contributed by atoms with E-state index in [1.165, 1.54) is 0 Å². The summed E-state index contributed by atoms with van der Waals surface area (Å²) in [6.07, 6.45) is 7.97. The minimum Gasteiger partial charge on any atom is -0.375 e. The van der Waals surface area contributed by atoms with Crippen LogP contribution in [0.2, 0.25) is 0 Å². The number of nitrogens with one attached hydrogen (secondary N) is 1. The fourth-order valence-corrected chi connectivity index (χ4v) is 3.60. The zero-order valence-electron chi connectivity index (χ0n) is 16.0. The molecular weight excluding hydrogens is 471 g/mol. The third-order valence-corrected chi connectivity index (χ3v) is 4.98. The van der Waals surface area contributed by atoms with E-state index in [9.17, 15) is 0 Å². The predicted molar refractivity (Wildman–Crippen MR) is 117 cm³/mol. The van der Waals surface area contributed by atoms with Gasteiger partial charge in [-0.2, -0.15) is 5.10 Å². The maximum Gasteiger partial charge on any atom is 0.194 e. The van der Waals surface area contributed by atoms with Crippen molar-refractivity contribution in [2.24, 2.45) is 4.99 Å². The topological polar surface area (TPSA) is 76.8 Å². The van der Waals surface area contributed by atoms with Crippen molar-refractivity contribution in [3.05, 3.63) is 42.4 Å². The Morgan fingerprint density at radius 1 is 1.29 bits per heavy atom. The Bertz CT molecular complexity index is 764. The molecule has 0 bridgehead atoms. The molecule has 2 aliphatic heterocycles. The van der Waals surface area contributed by atoms with Gasteiger partial charge in [-0.1, -0.05) is 0 Å². The van der Waals surface area contributed by atoms with Crippen LogP contribution in [0.15, 0.2) is 41.8 Å². The fourth-order valence-electron chi connectivity index (χ4n) is 3.60. The molecule has 2 aliphatic rings. The van der Waals surface area contributed by atoms with Gasteiger partial charge in [-0.25, -0.2) is 9.67 Å². The SMILES string of the molecule is CN=C(NCc1ccnc(-n2cccn2)c1)N1CCOC(C2CCCO2)C1.I. The van der Waals surface area contributed by atoms with Crippen molar-refractivity contribution in [1.82, 2.24) is 25.0 Å². The van der Waals surface area contributed by atoms with Crippen LogP contribution < -0.4 is 5.32 Å². The number of pyridine rings is 1. The molecule has 9 heteroatoms. The van der Waals surface area contributed by atoms with Gasteiger partial charge in [0.15, 0.2) is 11.8 Å². The van der Waals surface area contributed by atoms with Crippen molar-refractivity contribution in [3.63, 3.8) is 0 Å². The summed E-state index contributed by atoms with van der Waals surface area (Å²) in [5.74, 6) is 1.69. The van der Waals surface area contributed by atoms with Gasteiger partial charge in [0.2, 0.25) is 0 Å². The second-order valence-electron chi connectivity index (χ2n) is 6.78. The van der Waals surface area contributed by atoms with Gasteiger partial charge in [-0.3, -0.25) is 4.99 Å². The lowest BCUT2D eigenvalue weighted by Crippen LogP contribution is -2.53. The van der Waals surface area contributed by atoms with Crippen LogP contribution >= 0.6 is 24.0 Å². The van der Waals surface area contributed by atoms with Crippen molar-refractivity contribution in [3.8, 4) is 5.82 Å². The highest BCUT2D eigenvalue weighted by Gasteiger charge is 2.32. The van der Waals surface area contributed by atoms with E-state index < -0.39 is 0 Å². The first-order chi connectivity index (χ1) is 13.3. The van der Waals surface area contributed by atoms with Crippen LogP contribution in [0.25, 0.3) is 5.82 Å². The van der Waals surface area contributed by atoms with Gasteiger partial charge in [-0.15, -0.1) is 24.0 Å². The molecule has 2 atom stereocenters. The van der Waals surface area contributed by atoms with E-state index in [-0.39, 0.29) is 36.2 Å². The summed E-state index contributed by atoms with van der Waals surface area (Å²) in [7, 11) is 1.82. The Hall–Kier alpha value is -1.72. The number of rotatable bonds is 4. The van der Waals surface area contributed by atoms with Crippen LogP contribution in [-0.2, 0) is 16.0 Å². The summed E-state index contributed by atoms with van der Waals surface area (Å²) in [5, 5.41) is 7.70. The molecule has 0 amide bonds. The molecule has 28 heavy (non-hydrogen) atoms. The number of ether oxygens (including phenoxy) is 2. The monoisotopic (exact) mass is 498 g/mol. The summed E-state index contributed by atoms with van der Waals surface area (Å²) in [4.78, 5) is 11.1. The molecule has 0 radical (unpaired) electrons. The van der Waals surface area contributed by atoms with E-state index in [1.54, 1.807) is 17.1 Å². The minimum absolute atomic E-state index is 0. The maximum absolute atomic E-state index is 5.94. The number of morpholine rings is 1. The number of hydrogen-bond acceptors (Lipinski definition) is 5. The highest BCUT2D eigenvalue weighted by Crippen LogP contribution is 2.21. The molecule has 0 saturated carbocycles. The molecular formula is C19H27IN6O2. The molecule has 8 nitrogen and oxygen atoms in total. The van der Waals surface area contributed by atoms with Crippen LogP contribution in [0.1, 0.15) is 18.4 Å². The van der Waals surface area contributed by atoms with E-state index >= 15 is 0 Å². The summed E-state index contributed by atoms with van der Waals surface area (Å²) in [6.45, 7) is 3.85. The third-order valence-electron chi connectivity index (χ3n) is 4.98. The van der Waals surface area contributed by atoms with Crippen molar-refractivity contribution in [1.29, 1.82) is 0 Å². The van der Waals surface area contributed by atoms with Crippen molar-refractivity contribution in [2.75, 3.05) is 33.4 Å². The number of nitrogens with zero attached hydrogens (tertiary/aromatic N) is 5. The van der Waals surface area contributed by atoms with Gasteiger partial charge < -0.3 is 19.7 Å². The van der Waals surface area contributed by atoms with E-state index in [0.717, 1.165) is 49.9 Å². The molecule has 2 unspecified atom stereocenters. The fraction of sp³-hybridized carbons (Fsp3) is 0.526. The second kappa shape index (κ2) is 10.2. The summed E-state index contributed by atoms with van der Waals surface area (Å²) >= 11 is 0. The third kappa shape index (κ3) is 5.00. The Morgan fingerprint density at radius 2 is 2.18 bits per heavy atom. The Kier molecular flexibility index (Phi) is 7.63. The lowest BCUT2D eigenvalue weighted by atomic mass is 10.1. The van der Waals surface area contributed by atoms with Gasteiger partial charge in [0.25, 0.3) is 0 Å². The highest BCUT2D eigenvalue weighted by molar-refractivity contribution is 14.0. The molecule has 2 aromatic heterocycles. The van der Waals surface area contributed by atoms with E-state index in [0.29, 0.717) is 13.2 Å². The first-order valence-corrected chi connectivity index (χ1v) is 9.47. The molecule has 1 N–H and O–H groups in total. The van der Waals surface area contributed by atoms with Crippen molar-refractivity contribution in [2.45, 2.75) is 31.6 Å². The molecule has 152 valence electrons. The van der Waals surface area contributed by atoms with Crippen LogP contribution in [0.4, 0.5) is 0 Å². The van der Waals surface area contributed by atoms with Crippen LogP contribution in [0, 0.1) is 0 Å². The lowest BCUT2D eigenvalue weighted by molar-refractivity contribution is -0.0817. The first kappa shape index (κ1) is 21.0. The molecule has 2 aromatic rings. The summed E-state index contributed by atoms with van der Waals surface area (Å²) < 4.78 is 13.5. The predicted octanol–water partition coefficient (Wildman–Crippen LogP) is 1.84. The largest absolute Gasteiger partial charge is 0.375 e. The summed E-state index contributed by atoms with van der Waals surface area (Å²) in [6, 6.07) is 5.92. The normalized spacial score (nSPS) is 22.8. The lowest BCUT2D eigenvalue weighted by Gasteiger charge is -2.37. The second-order valence-corrected chi connectivity index (χ2v) is 6.78. The van der Waals surface area contributed by atoms with Crippen LogP contribution in [0.3, 0.4) is 0 Å². The Balaban J connectivity index is 0.00000225. The maximum atomic E-state index is 5.94. The zero-order chi connectivity index (χ0) is 18.5. The van der Waals surface area contributed by atoms with Crippen LogP contribution in [-0.4, -0.2) is 71.2 Å². The standard InChI is InChI=1S/C19H26N6O2.HI/c1-20-19(24-9-11-27-17(14-24)16-4-2-10-26-16)22-13-15-5-7-21-18(12-15)25-8-3-6-23-25;/h3,5-8,12,16-17H,2,4,9-11,13-14H2,1H3,(H,20,22);1H. The molecule has 0 aliphatic carbocycles. The molecule has 2 fully saturated rings. The quantitative estimate of drug-likeness (QED) is 0.394. The average Bonchev–Trinajstić information content (AvgIpc) is 3.43. The van der Waals surface area contributed by atoms with Crippen LogP contribution in [0.5, 0.6) is 0 Å². The Labute approximate surface area is 182 Å². The smallest absolute Gasteiger partial charge is 0.194 e.